The lowest BCUT2D eigenvalue weighted by atomic mass is 9.95. The molecule has 158 valence electrons. The van der Waals surface area contributed by atoms with Crippen LogP contribution >= 0.6 is 27.3 Å². The van der Waals surface area contributed by atoms with Crippen LogP contribution in [0.25, 0.3) is 0 Å². The van der Waals surface area contributed by atoms with Crippen molar-refractivity contribution in [2.75, 3.05) is 13.2 Å². The van der Waals surface area contributed by atoms with Gasteiger partial charge in [-0.05, 0) is 24.6 Å². The molecular formula is C20H25BrFN3O3S. The highest BCUT2D eigenvalue weighted by molar-refractivity contribution is 9.10. The first kappa shape index (κ1) is 24.9. The number of esters is 1. The monoisotopic (exact) mass is 485 g/mol. The fourth-order valence-corrected chi connectivity index (χ4v) is 3.72. The predicted octanol–water partition coefficient (Wildman–Crippen LogP) is 4.61. The number of nitrogens with one attached hydrogen (secondary N) is 1. The molecular weight excluding hydrogens is 461 g/mol. The van der Waals surface area contributed by atoms with Crippen molar-refractivity contribution < 1.29 is 19.0 Å². The number of hydrogen-bond donors (Lipinski definition) is 2. The van der Waals surface area contributed by atoms with Crippen molar-refractivity contribution in [2.45, 2.75) is 34.2 Å². The Bertz CT molecular complexity index is 885. The van der Waals surface area contributed by atoms with Gasteiger partial charge < -0.3 is 15.2 Å². The summed E-state index contributed by atoms with van der Waals surface area (Å²) in [6.45, 7) is 5.47. The zero-order valence-electron chi connectivity index (χ0n) is 15.7. The number of ether oxygens (including phenoxy) is 1. The van der Waals surface area contributed by atoms with Crippen LogP contribution in [0.5, 0.6) is 0 Å². The molecule has 6 nitrogen and oxygen atoms in total. The third-order valence-corrected chi connectivity index (χ3v) is 5.14. The highest BCUT2D eigenvalue weighted by Gasteiger charge is 2.33. The first-order valence-electron chi connectivity index (χ1n) is 8.75. The maximum Gasteiger partial charge on any atom is 0.338 e. The van der Waals surface area contributed by atoms with Crippen LogP contribution in [-0.2, 0) is 9.53 Å². The summed E-state index contributed by atoms with van der Waals surface area (Å²) in [5.74, 6) is -0.576. The van der Waals surface area contributed by atoms with Gasteiger partial charge in [-0.1, -0.05) is 43.3 Å². The number of benzene rings is 1. The molecule has 0 fully saturated rings. The number of carbonyl (C=O) groups is 1. The average Bonchev–Trinajstić information content (AvgIpc) is 3.23. The smallest absolute Gasteiger partial charge is 0.338 e. The molecule has 0 saturated heterocycles. The van der Waals surface area contributed by atoms with E-state index >= 15 is 0 Å². The van der Waals surface area contributed by atoms with E-state index in [0.717, 1.165) is 0 Å². The summed E-state index contributed by atoms with van der Waals surface area (Å²) in [7, 11) is 0. The highest BCUT2D eigenvalue weighted by atomic mass is 79.9. The van der Waals surface area contributed by atoms with Crippen molar-refractivity contribution in [3.05, 3.63) is 61.9 Å². The van der Waals surface area contributed by atoms with Gasteiger partial charge in [0.15, 0.2) is 10.8 Å². The first-order valence-corrected chi connectivity index (χ1v) is 10.4. The number of hydrogen-bond acceptors (Lipinski definition) is 7. The van der Waals surface area contributed by atoms with Gasteiger partial charge in [0, 0.05) is 16.0 Å². The first-order chi connectivity index (χ1) is 13.5. The van der Waals surface area contributed by atoms with Gasteiger partial charge in [-0.15, -0.1) is 11.3 Å². The molecule has 0 saturated carbocycles. The molecule has 1 aliphatic heterocycles. The predicted molar refractivity (Wildman–Crippen MR) is 117 cm³/mol. The third kappa shape index (κ3) is 5.71. The number of nitrogens with zero attached hydrogens (tertiary/aromatic N) is 2. The van der Waals surface area contributed by atoms with Crippen molar-refractivity contribution in [3.8, 4) is 0 Å². The van der Waals surface area contributed by atoms with Crippen molar-refractivity contribution in [1.29, 1.82) is 0 Å². The molecule has 0 amide bonds. The van der Waals surface area contributed by atoms with Crippen LogP contribution in [0.3, 0.4) is 0 Å². The van der Waals surface area contributed by atoms with E-state index in [4.69, 9.17) is 4.74 Å². The fourth-order valence-electron chi connectivity index (χ4n) is 2.57. The van der Waals surface area contributed by atoms with E-state index in [0.29, 0.717) is 20.9 Å². The molecule has 0 radical (unpaired) electrons. The number of halogens is 2. The molecule has 1 unspecified atom stereocenters. The van der Waals surface area contributed by atoms with Crippen LogP contribution in [0.4, 0.5) is 4.39 Å². The number of carbonyl (C=O) groups excluding carboxylic acids is 1. The number of aliphatic hydroxyl groups is 1. The minimum atomic E-state index is -0.772. The third-order valence-electron chi connectivity index (χ3n) is 3.67. The van der Waals surface area contributed by atoms with Crippen LogP contribution in [0, 0.1) is 5.82 Å². The van der Waals surface area contributed by atoms with Gasteiger partial charge >= 0.3 is 5.97 Å². The molecule has 0 bridgehead atoms. The molecule has 0 spiro atoms. The normalized spacial score (nSPS) is 15.4. The summed E-state index contributed by atoms with van der Waals surface area (Å²) < 4.78 is 19.1. The summed E-state index contributed by atoms with van der Waals surface area (Å²) >= 11 is 4.70. The van der Waals surface area contributed by atoms with E-state index in [1.165, 1.54) is 23.5 Å². The Labute approximate surface area is 182 Å². The summed E-state index contributed by atoms with van der Waals surface area (Å²) in [6.07, 6.45) is 1.64. The van der Waals surface area contributed by atoms with Gasteiger partial charge in [-0.3, -0.25) is 4.99 Å². The summed E-state index contributed by atoms with van der Waals surface area (Å²) in [5, 5.41) is 15.2. The Morgan fingerprint density at radius 3 is 2.69 bits per heavy atom. The zero-order chi connectivity index (χ0) is 20.7. The van der Waals surface area contributed by atoms with Gasteiger partial charge in [0.25, 0.3) is 0 Å². The molecule has 1 aromatic carbocycles. The van der Waals surface area contributed by atoms with E-state index in [9.17, 15) is 14.3 Å². The molecule has 1 aliphatic rings. The van der Waals surface area contributed by atoms with Crippen LogP contribution in [0.1, 0.15) is 44.8 Å². The number of rotatable bonds is 5. The number of aromatic nitrogens is 1. The number of amidine groups is 1. The molecule has 29 heavy (non-hydrogen) atoms. The Balaban J connectivity index is 0.00000136. The van der Waals surface area contributed by atoms with Gasteiger partial charge in [0.05, 0.1) is 24.5 Å². The summed E-state index contributed by atoms with van der Waals surface area (Å²) in [4.78, 5) is 21.3. The van der Waals surface area contributed by atoms with E-state index in [1.807, 2.05) is 13.8 Å². The SMILES string of the molecule is C.CC.CCOC(=O)C1=C(CO)NC(c2nccs2)=NC1c1ccc(F)cc1Br. The van der Waals surface area contributed by atoms with E-state index in [1.54, 1.807) is 24.6 Å². The minimum Gasteiger partial charge on any atom is -0.463 e. The molecule has 9 heteroatoms. The van der Waals surface area contributed by atoms with Gasteiger partial charge in [-0.25, -0.2) is 14.2 Å². The lowest BCUT2D eigenvalue weighted by Crippen LogP contribution is -2.35. The van der Waals surface area contributed by atoms with Gasteiger partial charge in [-0.2, -0.15) is 0 Å². The maximum absolute atomic E-state index is 13.5. The van der Waals surface area contributed by atoms with E-state index < -0.39 is 24.4 Å². The average molecular weight is 486 g/mol. The quantitative estimate of drug-likeness (QED) is 0.604. The Morgan fingerprint density at radius 2 is 2.14 bits per heavy atom. The molecule has 0 aliphatic carbocycles. The number of thiazole rings is 1. The lowest BCUT2D eigenvalue weighted by molar-refractivity contribution is -0.139. The molecule has 3 rings (SSSR count). The van der Waals surface area contributed by atoms with Crippen LogP contribution < -0.4 is 5.32 Å². The molecule has 1 aromatic heterocycles. The van der Waals surface area contributed by atoms with Crippen LogP contribution in [0.2, 0.25) is 0 Å². The van der Waals surface area contributed by atoms with Gasteiger partial charge in [0.1, 0.15) is 11.9 Å². The number of aliphatic hydroxyl groups excluding tert-OH is 1. The molecule has 1 atom stereocenters. The largest absolute Gasteiger partial charge is 0.463 e. The van der Waals surface area contributed by atoms with Crippen LogP contribution in [0.15, 0.2) is 50.5 Å². The van der Waals surface area contributed by atoms with Crippen molar-refractivity contribution in [1.82, 2.24) is 10.3 Å². The second-order valence-electron chi connectivity index (χ2n) is 5.28. The van der Waals surface area contributed by atoms with Gasteiger partial charge in [0.2, 0.25) is 0 Å². The lowest BCUT2D eigenvalue weighted by Gasteiger charge is -2.26. The summed E-state index contributed by atoms with van der Waals surface area (Å²) in [5.41, 5.74) is 1.04. The standard InChI is InChI=1S/C17H15BrFN3O3S.C2H6.CH4/c1-2-25-17(24)13-12(8-23)21-15(16-20-5-6-26-16)22-14(13)10-4-3-9(19)7-11(10)18;1-2;/h3-7,14,23H,2,8H2,1H3,(H,21,22);1-2H3;1H4. The summed E-state index contributed by atoms with van der Waals surface area (Å²) in [6, 6.07) is 3.37. The second kappa shape index (κ2) is 11.8. The molecule has 2 aromatic rings. The highest BCUT2D eigenvalue weighted by Crippen LogP contribution is 2.36. The second-order valence-corrected chi connectivity index (χ2v) is 7.03. The fraction of sp³-hybridized carbons (Fsp3) is 0.350. The topological polar surface area (TPSA) is 83.8 Å². The van der Waals surface area contributed by atoms with E-state index in [-0.39, 0.29) is 25.3 Å². The molecule has 2 N–H and O–H groups in total. The Hall–Kier alpha value is -2.10. The zero-order valence-corrected chi connectivity index (χ0v) is 18.1. The molecule has 2 heterocycles. The van der Waals surface area contributed by atoms with E-state index in [2.05, 4.69) is 31.2 Å². The van der Waals surface area contributed by atoms with Crippen molar-refractivity contribution in [3.63, 3.8) is 0 Å². The number of aliphatic imine (C=N–C) groups is 1. The van der Waals surface area contributed by atoms with Crippen molar-refractivity contribution in [2.24, 2.45) is 4.99 Å². The maximum atomic E-state index is 13.5. The minimum absolute atomic E-state index is 0. The Morgan fingerprint density at radius 1 is 1.41 bits per heavy atom. The Kier molecular flexibility index (Phi) is 10.1. The van der Waals surface area contributed by atoms with Crippen LogP contribution in [-0.4, -0.2) is 35.1 Å². The van der Waals surface area contributed by atoms with Crippen molar-refractivity contribution >= 4 is 39.1 Å².